The van der Waals surface area contributed by atoms with Gasteiger partial charge in [-0.1, -0.05) is 12.1 Å². The summed E-state index contributed by atoms with van der Waals surface area (Å²) in [5.41, 5.74) is 3.57. The summed E-state index contributed by atoms with van der Waals surface area (Å²) in [4.78, 5) is 13.0. The first-order valence-corrected chi connectivity index (χ1v) is 7.34. The van der Waals surface area contributed by atoms with E-state index in [1.807, 2.05) is 23.6 Å². The molecule has 1 aromatic heterocycles. The van der Waals surface area contributed by atoms with Crippen LogP contribution in [0.1, 0.15) is 16.0 Å². The number of hydrogen-bond acceptors (Lipinski definition) is 3. The predicted octanol–water partition coefficient (Wildman–Crippen LogP) is 2.58. The van der Waals surface area contributed by atoms with Crippen LogP contribution < -0.4 is 10.6 Å². The van der Waals surface area contributed by atoms with Gasteiger partial charge in [0, 0.05) is 17.1 Å². The second kappa shape index (κ2) is 5.55. The molecule has 2 heterocycles. The van der Waals surface area contributed by atoms with Crippen molar-refractivity contribution in [2.75, 3.05) is 11.9 Å². The van der Waals surface area contributed by atoms with E-state index in [0.717, 1.165) is 30.1 Å². The van der Waals surface area contributed by atoms with Gasteiger partial charge >= 0.3 is 0 Å². The van der Waals surface area contributed by atoms with Gasteiger partial charge in [0.25, 0.3) is 0 Å². The van der Waals surface area contributed by atoms with Gasteiger partial charge < -0.3 is 10.6 Å². The lowest BCUT2D eigenvalue weighted by molar-refractivity contribution is -0.115. The number of thiophene rings is 1. The number of rotatable bonds is 3. The van der Waals surface area contributed by atoms with Crippen molar-refractivity contribution in [3.8, 4) is 0 Å². The molecule has 1 aliphatic rings. The van der Waals surface area contributed by atoms with E-state index < -0.39 is 0 Å². The van der Waals surface area contributed by atoms with Gasteiger partial charge in [0.1, 0.15) is 0 Å². The summed E-state index contributed by atoms with van der Waals surface area (Å²) in [6.45, 7) is 1.93. The summed E-state index contributed by atoms with van der Waals surface area (Å²) < 4.78 is 0. The second-order valence-corrected chi connectivity index (χ2v) is 5.75. The molecule has 0 saturated carbocycles. The Balaban J connectivity index is 1.67. The third kappa shape index (κ3) is 3.03. The van der Waals surface area contributed by atoms with Crippen molar-refractivity contribution < 1.29 is 4.79 Å². The van der Waals surface area contributed by atoms with Crippen molar-refractivity contribution in [3.05, 3.63) is 51.7 Å². The van der Waals surface area contributed by atoms with Gasteiger partial charge in [-0.05, 0) is 47.7 Å². The van der Waals surface area contributed by atoms with Gasteiger partial charge in [0.2, 0.25) is 5.91 Å². The van der Waals surface area contributed by atoms with Crippen molar-refractivity contribution in [1.29, 1.82) is 0 Å². The zero-order valence-corrected chi connectivity index (χ0v) is 11.4. The van der Waals surface area contributed by atoms with E-state index in [1.54, 1.807) is 11.3 Å². The average Bonchev–Trinajstić information content (AvgIpc) is 2.91. The highest BCUT2D eigenvalue weighted by Crippen LogP contribution is 2.19. The summed E-state index contributed by atoms with van der Waals surface area (Å²) in [5, 5.41) is 8.31. The van der Waals surface area contributed by atoms with Crippen molar-refractivity contribution in [3.63, 3.8) is 0 Å². The van der Waals surface area contributed by atoms with Crippen LogP contribution in [0.25, 0.3) is 0 Å². The third-order valence-electron chi connectivity index (χ3n) is 3.29. The lowest BCUT2D eigenvalue weighted by Crippen LogP contribution is -2.24. The van der Waals surface area contributed by atoms with E-state index in [4.69, 9.17) is 0 Å². The van der Waals surface area contributed by atoms with Crippen LogP contribution in [0.15, 0.2) is 35.7 Å². The van der Waals surface area contributed by atoms with E-state index in [1.165, 1.54) is 11.1 Å². The Morgan fingerprint density at radius 3 is 3.11 bits per heavy atom. The summed E-state index contributed by atoms with van der Waals surface area (Å²) >= 11 is 1.61. The molecule has 1 aromatic carbocycles. The van der Waals surface area contributed by atoms with E-state index in [2.05, 4.69) is 22.8 Å². The molecule has 1 amide bonds. The zero-order valence-electron chi connectivity index (χ0n) is 10.6. The predicted molar refractivity (Wildman–Crippen MR) is 78.5 cm³/mol. The minimum absolute atomic E-state index is 0.0474. The Labute approximate surface area is 116 Å². The number of hydrogen-bond donors (Lipinski definition) is 2. The summed E-state index contributed by atoms with van der Waals surface area (Å²) in [6.07, 6.45) is 1.52. The van der Waals surface area contributed by atoms with Gasteiger partial charge in [-0.3, -0.25) is 4.79 Å². The summed E-state index contributed by atoms with van der Waals surface area (Å²) in [6, 6.07) is 10.2. The molecular weight excluding hydrogens is 256 g/mol. The van der Waals surface area contributed by atoms with E-state index >= 15 is 0 Å². The van der Waals surface area contributed by atoms with Crippen molar-refractivity contribution >= 4 is 22.9 Å². The van der Waals surface area contributed by atoms with Crippen LogP contribution in [-0.4, -0.2) is 12.5 Å². The Hall–Kier alpha value is -1.65. The Kier molecular flexibility index (Phi) is 3.62. The molecule has 3 nitrogen and oxygen atoms in total. The van der Waals surface area contributed by atoms with Gasteiger partial charge in [0.05, 0.1) is 6.42 Å². The fourth-order valence-corrected chi connectivity index (χ4v) is 3.04. The standard InChI is InChI=1S/C15H16N2OS/c18-15(9-14-2-1-7-19-14)17-13-4-3-11-5-6-16-10-12(11)8-13/h1-4,7-8,16H,5-6,9-10H2,(H,17,18). The maximum atomic E-state index is 11.9. The fourth-order valence-electron chi connectivity index (χ4n) is 2.33. The molecule has 3 rings (SSSR count). The number of nitrogens with one attached hydrogen (secondary N) is 2. The lowest BCUT2D eigenvalue weighted by Gasteiger charge is -2.18. The maximum absolute atomic E-state index is 11.9. The number of fused-ring (bicyclic) bond motifs is 1. The highest BCUT2D eigenvalue weighted by Gasteiger charge is 2.10. The SMILES string of the molecule is O=C(Cc1cccs1)Nc1ccc2c(c1)CNCC2. The zero-order chi connectivity index (χ0) is 13.1. The molecule has 0 saturated heterocycles. The van der Waals surface area contributed by atoms with Crippen molar-refractivity contribution in [2.24, 2.45) is 0 Å². The number of carbonyl (C=O) groups excluding carboxylic acids is 1. The minimum atomic E-state index is 0.0474. The molecule has 2 N–H and O–H groups in total. The maximum Gasteiger partial charge on any atom is 0.229 e. The first-order valence-electron chi connectivity index (χ1n) is 6.46. The molecule has 19 heavy (non-hydrogen) atoms. The van der Waals surface area contributed by atoms with Crippen molar-refractivity contribution in [2.45, 2.75) is 19.4 Å². The molecule has 0 aliphatic carbocycles. The molecule has 4 heteroatoms. The van der Waals surface area contributed by atoms with Crippen LogP contribution in [0.2, 0.25) is 0 Å². The first kappa shape index (κ1) is 12.4. The summed E-state index contributed by atoms with van der Waals surface area (Å²) in [5.74, 6) is 0.0474. The van der Waals surface area contributed by atoms with Crippen LogP contribution >= 0.6 is 11.3 Å². The smallest absolute Gasteiger partial charge is 0.229 e. The van der Waals surface area contributed by atoms with Crippen LogP contribution in [0, 0.1) is 0 Å². The van der Waals surface area contributed by atoms with Crippen LogP contribution in [-0.2, 0) is 24.2 Å². The van der Waals surface area contributed by atoms with E-state index in [0.29, 0.717) is 6.42 Å². The summed E-state index contributed by atoms with van der Waals surface area (Å²) in [7, 11) is 0. The van der Waals surface area contributed by atoms with Crippen LogP contribution in [0.5, 0.6) is 0 Å². The van der Waals surface area contributed by atoms with Crippen LogP contribution in [0.4, 0.5) is 5.69 Å². The molecular formula is C15H16N2OS. The topological polar surface area (TPSA) is 41.1 Å². The minimum Gasteiger partial charge on any atom is -0.326 e. The highest BCUT2D eigenvalue weighted by atomic mass is 32.1. The Bertz CT molecular complexity index is 578. The van der Waals surface area contributed by atoms with Crippen molar-refractivity contribution in [1.82, 2.24) is 5.32 Å². The quantitative estimate of drug-likeness (QED) is 0.901. The van der Waals surface area contributed by atoms with Gasteiger partial charge in [-0.2, -0.15) is 0 Å². The van der Waals surface area contributed by atoms with E-state index in [-0.39, 0.29) is 5.91 Å². The van der Waals surface area contributed by atoms with Gasteiger partial charge in [0.15, 0.2) is 0 Å². The molecule has 1 aliphatic heterocycles. The monoisotopic (exact) mass is 272 g/mol. The number of benzene rings is 1. The normalized spacial score (nSPS) is 13.9. The van der Waals surface area contributed by atoms with Gasteiger partial charge in [-0.25, -0.2) is 0 Å². The number of carbonyl (C=O) groups is 1. The Morgan fingerprint density at radius 1 is 1.32 bits per heavy atom. The molecule has 0 spiro atoms. The Morgan fingerprint density at radius 2 is 2.26 bits per heavy atom. The highest BCUT2D eigenvalue weighted by molar-refractivity contribution is 7.10. The molecule has 98 valence electrons. The first-order chi connectivity index (χ1) is 9.31. The molecule has 0 unspecified atom stereocenters. The molecule has 0 atom stereocenters. The average molecular weight is 272 g/mol. The third-order valence-corrected chi connectivity index (χ3v) is 4.17. The molecule has 0 radical (unpaired) electrons. The largest absolute Gasteiger partial charge is 0.326 e. The molecule has 0 fully saturated rings. The number of anilines is 1. The number of amides is 1. The fraction of sp³-hybridized carbons (Fsp3) is 0.267. The lowest BCUT2D eigenvalue weighted by atomic mass is 10.0. The second-order valence-electron chi connectivity index (χ2n) is 4.71. The van der Waals surface area contributed by atoms with Crippen LogP contribution in [0.3, 0.4) is 0 Å². The van der Waals surface area contributed by atoms with Gasteiger partial charge in [-0.15, -0.1) is 11.3 Å². The van der Waals surface area contributed by atoms with E-state index in [9.17, 15) is 4.79 Å². The molecule has 2 aromatic rings. The molecule has 0 bridgehead atoms.